The third kappa shape index (κ3) is 3.21. The fourth-order valence-corrected chi connectivity index (χ4v) is 3.24. The lowest BCUT2D eigenvalue weighted by Crippen LogP contribution is -2.51. The summed E-state index contributed by atoms with van der Waals surface area (Å²) in [5.74, 6) is -0.543. The number of hydrogen-bond acceptors (Lipinski definition) is 3. The van der Waals surface area contributed by atoms with E-state index in [4.69, 9.17) is 0 Å². The summed E-state index contributed by atoms with van der Waals surface area (Å²) >= 11 is 3.48. The third-order valence-corrected chi connectivity index (χ3v) is 4.74. The van der Waals surface area contributed by atoms with Gasteiger partial charge in [0.05, 0.1) is 11.1 Å². The molecule has 0 spiro atoms. The fraction of sp³-hybridized carbons (Fsp3) is 0.500. The molecule has 1 amide bonds. The second kappa shape index (κ2) is 5.82. The SMILES string of the molecule is O=C(NC1(CBr)CCCCC1)c1ccc(O)cc1O. The maximum Gasteiger partial charge on any atom is 0.255 e. The summed E-state index contributed by atoms with van der Waals surface area (Å²) in [5, 5.41) is 22.7. The topological polar surface area (TPSA) is 69.6 Å². The predicted molar refractivity (Wildman–Crippen MR) is 76.8 cm³/mol. The Hall–Kier alpha value is -1.23. The Bertz CT molecular complexity index is 470. The van der Waals surface area contributed by atoms with Gasteiger partial charge in [0, 0.05) is 11.4 Å². The molecule has 19 heavy (non-hydrogen) atoms. The molecule has 0 atom stereocenters. The Balaban J connectivity index is 2.15. The van der Waals surface area contributed by atoms with Crippen LogP contribution in [0.2, 0.25) is 0 Å². The number of amides is 1. The standard InChI is InChI=1S/C14H18BrNO3/c15-9-14(6-2-1-3-7-14)16-13(19)11-5-4-10(17)8-12(11)18/h4-5,8,17-18H,1-3,6-7,9H2,(H,16,19). The molecule has 1 aromatic rings. The van der Waals surface area contributed by atoms with Gasteiger partial charge in [-0.25, -0.2) is 0 Å². The lowest BCUT2D eigenvalue weighted by Gasteiger charge is -2.36. The number of phenols is 2. The average Bonchev–Trinajstić information content (AvgIpc) is 2.39. The van der Waals surface area contributed by atoms with E-state index in [9.17, 15) is 15.0 Å². The quantitative estimate of drug-likeness (QED) is 0.747. The smallest absolute Gasteiger partial charge is 0.255 e. The number of carbonyl (C=O) groups is 1. The van der Waals surface area contributed by atoms with Crippen LogP contribution in [0, 0.1) is 0 Å². The van der Waals surface area contributed by atoms with E-state index in [-0.39, 0.29) is 28.5 Å². The van der Waals surface area contributed by atoms with Crippen molar-refractivity contribution in [3.05, 3.63) is 23.8 Å². The van der Waals surface area contributed by atoms with E-state index in [1.165, 1.54) is 24.6 Å². The van der Waals surface area contributed by atoms with E-state index < -0.39 is 0 Å². The molecule has 3 N–H and O–H groups in total. The lowest BCUT2D eigenvalue weighted by molar-refractivity contribution is 0.0884. The molecule has 1 aliphatic carbocycles. The minimum absolute atomic E-state index is 0.0538. The molecule has 0 bridgehead atoms. The van der Waals surface area contributed by atoms with Crippen LogP contribution >= 0.6 is 15.9 Å². The minimum atomic E-state index is -0.293. The maximum absolute atomic E-state index is 12.2. The van der Waals surface area contributed by atoms with Gasteiger partial charge >= 0.3 is 0 Å². The number of nitrogens with one attached hydrogen (secondary N) is 1. The van der Waals surface area contributed by atoms with Crippen LogP contribution in [0.15, 0.2) is 18.2 Å². The van der Waals surface area contributed by atoms with Crippen LogP contribution in [-0.2, 0) is 0 Å². The number of carbonyl (C=O) groups excluding carboxylic acids is 1. The van der Waals surface area contributed by atoms with E-state index >= 15 is 0 Å². The Morgan fingerprint density at radius 2 is 1.95 bits per heavy atom. The summed E-state index contributed by atoms with van der Waals surface area (Å²) < 4.78 is 0. The number of alkyl halides is 1. The number of hydrogen-bond donors (Lipinski definition) is 3. The van der Waals surface area contributed by atoms with Gasteiger partial charge in [0.2, 0.25) is 0 Å². The molecule has 1 aliphatic rings. The van der Waals surface area contributed by atoms with Crippen molar-refractivity contribution in [3.63, 3.8) is 0 Å². The highest BCUT2D eigenvalue weighted by Gasteiger charge is 2.33. The van der Waals surface area contributed by atoms with Gasteiger partial charge < -0.3 is 15.5 Å². The van der Waals surface area contributed by atoms with Gasteiger partial charge in [-0.3, -0.25) is 4.79 Å². The summed E-state index contributed by atoms with van der Waals surface area (Å²) in [4.78, 5) is 12.2. The number of halogens is 1. The zero-order valence-corrected chi connectivity index (χ0v) is 12.2. The lowest BCUT2D eigenvalue weighted by atomic mass is 9.83. The van der Waals surface area contributed by atoms with Gasteiger partial charge in [-0.15, -0.1) is 0 Å². The zero-order valence-electron chi connectivity index (χ0n) is 10.7. The molecular weight excluding hydrogens is 310 g/mol. The third-order valence-electron chi connectivity index (χ3n) is 3.67. The number of phenolic OH excluding ortho intramolecular Hbond substituents is 2. The summed E-state index contributed by atoms with van der Waals surface area (Å²) in [7, 11) is 0. The van der Waals surface area contributed by atoms with Crippen molar-refractivity contribution in [2.75, 3.05) is 5.33 Å². The first-order valence-corrected chi connectivity index (χ1v) is 7.59. The van der Waals surface area contributed by atoms with Gasteiger partial charge in [-0.1, -0.05) is 35.2 Å². The van der Waals surface area contributed by atoms with E-state index in [2.05, 4.69) is 21.2 Å². The Kier molecular flexibility index (Phi) is 4.34. The molecule has 1 saturated carbocycles. The van der Waals surface area contributed by atoms with Gasteiger partial charge in [0.1, 0.15) is 11.5 Å². The first-order valence-electron chi connectivity index (χ1n) is 6.47. The van der Waals surface area contributed by atoms with Crippen molar-refractivity contribution in [2.24, 2.45) is 0 Å². The molecule has 1 fully saturated rings. The highest BCUT2D eigenvalue weighted by atomic mass is 79.9. The maximum atomic E-state index is 12.2. The van der Waals surface area contributed by atoms with E-state index in [0.29, 0.717) is 5.33 Å². The molecule has 0 heterocycles. The molecule has 2 rings (SSSR count). The van der Waals surface area contributed by atoms with Gasteiger partial charge in [-0.05, 0) is 25.0 Å². The second-order valence-electron chi connectivity index (χ2n) is 5.13. The molecule has 1 aromatic carbocycles. The summed E-state index contributed by atoms with van der Waals surface area (Å²) in [6.07, 6.45) is 5.31. The molecule has 0 aliphatic heterocycles. The largest absolute Gasteiger partial charge is 0.508 e. The number of benzene rings is 1. The first-order chi connectivity index (χ1) is 9.06. The molecule has 104 valence electrons. The van der Waals surface area contributed by atoms with Gasteiger partial charge in [0.15, 0.2) is 0 Å². The summed E-state index contributed by atoms with van der Waals surface area (Å²) in [6, 6.07) is 4.01. The normalized spacial score (nSPS) is 17.9. The molecule has 0 aromatic heterocycles. The van der Waals surface area contributed by atoms with Crippen LogP contribution in [0.4, 0.5) is 0 Å². The van der Waals surface area contributed by atoms with Crippen LogP contribution in [0.5, 0.6) is 11.5 Å². The van der Waals surface area contributed by atoms with Crippen LogP contribution in [0.3, 0.4) is 0 Å². The van der Waals surface area contributed by atoms with Crippen LogP contribution in [0.25, 0.3) is 0 Å². The average molecular weight is 328 g/mol. The monoisotopic (exact) mass is 327 g/mol. The molecule has 0 unspecified atom stereocenters. The fourth-order valence-electron chi connectivity index (χ4n) is 2.54. The summed E-state index contributed by atoms with van der Waals surface area (Å²) in [6.45, 7) is 0. The van der Waals surface area contributed by atoms with Crippen LogP contribution < -0.4 is 5.32 Å². The Morgan fingerprint density at radius 3 is 2.53 bits per heavy atom. The minimum Gasteiger partial charge on any atom is -0.508 e. The van der Waals surface area contributed by atoms with Crippen molar-refractivity contribution < 1.29 is 15.0 Å². The Morgan fingerprint density at radius 1 is 1.26 bits per heavy atom. The highest BCUT2D eigenvalue weighted by Crippen LogP contribution is 2.31. The van der Waals surface area contributed by atoms with Crippen LogP contribution in [-0.4, -0.2) is 27.0 Å². The highest BCUT2D eigenvalue weighted by molar-refractivity contribution is 9.09. The van der Waals surface area contributed by atoms with Crippen molar-refractivity contribution >= 4 is 21.8 Å². The summed E-state index contributed by atoms with van der Waals surface area (Å²) in [5.41, 5.74) is -0.0247. The molecule has 4 nitrogen and oxygen atoms in total. The van der Waals surface area contributed by atoms with E-state index in [1.54, 1.807) is 0 Å². The van der Waals surface area contributed by atoms with Crippen molar-refractivity contribution in [2.45, 2.75) is 37.6 Å². The zero-order chi connectivity index (χ0) is 13.9. The predicted octanol–water partition coefficient (Wildman–Crippen LogP) is 2.93. The van der Waals surface area contributed by atoms with E-state index in [0.717, 1.165) is 25.7 Å². The van der Waals surface area contributed by atoms with Gasteiger partial charge in [-0.2, -0.15) is 0 Å². The molecule has 0 radical (unpaired) electrons. The number of rotatable bonds is 3. The molecular formula is C14H18BrNO3. The van der Waals surface area contributed by atoms with Crippen molar-refractivity contribution in [1.82, 2.24) is 5.32 Å². The second-order valence-corrected chi connectivity index (χ2v) is 5.69. The van der Waals surface area contributed by atoms with Crippen molar-refractivity contribution in [3.8, 4) is 11.5 Å². The van der Waals surface area contributed by atoms with Gasteiger partial charge in [0.25, 0.3) is 5.91 Å². The number of aromatic hydroxyl groups is 2. The first kappa shape index (κ1) is 14.2. The van der Waals surface area contributed by atoms with E-state index in [1.807, 2.05) is 0 Å². The molecule has 0 saturated heterocycles. The molecule has 5 heteroatoms. The van der Waals surface area contributed by atoms with Crippen LogP contribution in [0.1, 0.15) is 42.5 Å². The van der Waals surface area contributed by atoms with Crippen molar-refractivity contribution in [1.29, 1.82) is 0 Å². The Labute approximate surface area is 121 Å².